The summed E-state index contributed by atoms with van der Waals surface area (Å²) in [5, 5.41) is 3.73. The second-order valence-electron chi connectivity index (χ2n) is 6.87. The molecule has 1 saturated heterocycles. The monoisotopic (exact) mass is 238 g/mol. The Kier molecular flexibility index (Phi) is 4.14. The lowest BCUT2D eigenvalue weighted by atomic mass is 9.72. The highest BCUT2D eigenvalue weighted by atomic mass is 15.2. The first-order valence-corrected chi connectivity index (χ1v) is 7.52. The van der Waals surface area contributed by atoms with Crippen LogP contribution in [-0.2, 0) is 0 Å². The van der Waals surface area contributed by atoms with Crippen LogP contribution in [0.5, 0.6) is 0 Å². The third-order valence-corrected chi connectivity index (χ3v) is 4.85. The second kappa shape index (κ2) is 5.27. The van der Waals surface area contributed by atoms with Gasteiger partial charge in [-0.1, -0.05) is 20.8 Å². The van der Waals surface area contributed by atoms with Crippen LogP contribution in [-0.4, -0.2) is 36.1 Å². The molecule has 2 rings (SSSR count). The van der Waals surface area contributed by atoms with E-state index in [0.717, 1.165) is 24.7 Å². The fourth-order valence-electron chi connectivity index (χ4n) is 3.85. The van der Waals surface area contributed by atoms with Gasteiger partial charge in [-0.05, 0) is 57.5 Å². The lowest BCUT2D eigenvalue weighted by molar-refractivity contribution is 0.0613. The molecule has 17 heavy (non-hydrogen) atoms. The topological polar surface area (TPSA) is 15.3 Å². The van der Waals surface area contributed by atoms with Crippen LogP contribution in [0, 0.1) is 5.41 Å². The smallest absolute Gasteiger partial charge is 0.0257 e. The molecule has 1 heterocycles. The van der Waals surface area contributed by atoms with Gasteiger partial charge in [-0.2, -0.15) is 0 Å². The van der Waals surface area contributed by atoms with E-state index in [2.05, 4.69) is 37.9 Å². The van der Waals surface area contributed by atoms with Gasteiger partial charge in [0.15, 0.2) is 0 Å². The average molecular weight is 238 g/mol. The zero-order chi connectivity index (χ0) is 12.5. The first kappa shape index (κ1) is 13.4. The Morgan fingerprint density at radius 3 is 2.65 bits per heavy atom. The van der Waals surface area contributed by atoms with E-state index in [-0.39, 0.29) is 0 Å². The van der Waals surface area contributed by atoms with Crippen LogP contribution in [0.25, 0.3) is 0 Å². The van der Waals surface area contributed by atoms with Crippen molar-refractivity contribution < 1.29 is 0 Å². The van der Waals surface area contributed by atoms with Crippen molar-refractivity contribution in [3.8, 4) is 0 Å². The van der Waals surface area contributed by atoms with Crippen LogP contribution in [0.3, 0.4) is 0 Å². The van der Waals surface area contributed by atoms with Crippen LogP contribution in [0.15, 0.2) is 0 Å². The molecule has 1 saturated carbocycles. The maximum absolute atomic E-state index is 3.73. The predicted octanol–water partition coefficient (Wildman–Crippen LogP) is 3.03. The number of rotatable bonds is 3. The van der Waals surface area contributed by atoms with E-state index in [4.69, 9.17) is 0 Å². The Morgan fingerprint density at radius 1 is 1.29 bits per heavy atom. The average Bonchev–Trinajstić information content (AvgIpc) is 2.67. The van der Waals surface area contributed by atoms with Crippen molar-refractivity contribution >= 4 is 0 Å². The molecule has 0 bridgehead atoms. The molecule has 2 heteroatoms. The SMILES string of the molecule is CCNC1CCC(C)(C)CC1N1CCCC1C. The van der Waals surface area contributed by atoms with E-state index in [0.29, 0.717) is 5.41 Å². The maximum atomic E-state index is 3.73. The molecule has 1 aliphatic heterocycles. The van der Waals surface area contributed by atoms with Gasteiger partial charge in [0.2, 0.25) is 0 Å². The predicted molar refractivity (Wildman–Crippen MR) is 74.3 cm³/mol. The number of nitrogens with one attached hydrogen (secondary N) is 1. The van der Waals surface area contributed by atoms with E-state index < -0.39 is 0 Å². The summed E-state index contributed by atoms with van der Waals surface area (Å²) < 4.78 is 0. The molecule has 0 aromatic heterocycles. The van der Waals surface area contributed by atoms with Gasteiger partial charge < -0.3 is 5.32 Å². The molecule has 2 fully saturated rings. The highest BCUT2D eigenvalue weighted by molar-refractivity contribution is 4.97. The zero-order valence-electron chi connectivity index (χ0n) is 12.1. The Labute approximate surface area is 107 Å². The van der Waals surface area contributed by atoms with Gasteiger partial charge in [0.25, 0.3) is 0 Å². The van der Waals surface area contributed by atoms with E-state index in [1.54, 1.807) is 0 Å². The summed E-state index contributed by atoms with van der Waals surface area (Å²) in [4.78, 5) is 2.79. The van der Waals surface area contributed by atoms with Crippen molar-refractivity contribution in [2.24, 2.45) is 5.41 Å². The standard InChI is InChI=1S/C15H30N2/c1-5-16-13-8-9-15(3,4)11-14(13)17-10-6-7-12(17)2/h12-14,16H,5-11H2,1-4H3. The van der Waals surface area contributed by atoms with Crippen LogP contribution in [0.1, 0.15) is 59.8 Å². The normalized spacial score (nSPS) is 38.5. The minimum Gasteiger partial charge on any atom is -0.313 e. The highest BCUT2D eigenvalue weighted by Crippen LogP contribution is 2.39. The molecular weight excluding hydrogens is 208 g/mol. The molecule has 0 aromatic carbocycles. The van der Waals surface area contributed by atoms with E-state index in [1.807, 2.05) is 0 Å². The van der Waals surface area contributed by atoms with Crippen molar-refractivity contribution in [2.45, 2.75) is 77.9 Å². The van der Waals surface area contributed by atoms with Crippen molar-refractivity contribution in [3.05, 3.63) is 0 Å². The molecule has 0 spiro atoms. The summed E-state index contributed by atoms with van der Waals surface area (Å²) in [6, 6.07) is 2.31. The molecule has 0 amide bonds. The zero-order valence-corrected chi connectivity index (χ0v) is 12.1. The summed E-state index contributed by atoms with van der Waals surface area (Å²) in [5.41, 5.74) is 0.541. The number of hydrogen-bond acceptors (Lipinski definition) is 2. The Morgan fingerprint density at radius 2 is 2.06 bits per heavy atom. The van der Waals surface area contributed by atoms with Crippen LogP contribution < -0.4 is 5.32 Å². The summed E-state index contributed by atoms with van der Waals surface area (Å²) in [7, 11) is 0. The van der Waals surface area contributed by atoms with Crippen molar-refractivity contribution in [1.29, 1.82) is 0 Å². The van der Waals surface area contributed by atoms with Gasteiger partial charge in [0.05, 0.1) is 0 Å². The Balaban J connectivity index is 2.07. The molecule has 3 unspecified atom stereocenters. The van der Waals surface area contributed by atoms with E-state index in [9.17, 15) is 0 Å². The molecule has 2 nitrogen and oxygen atoms in total. The first-order valence-electron chi connectivity index (χ1n) is 7.52. The van der Waals surface area contributed by atoms with Gasteiger partial charge in [-0.15, -0.1) is 0 Å². The molecule has 1 aliphatic carbocycles. The molecular formula is C15H30N2. The summed E-state index contributed by atoms with van der Waals surface area (Å²) >= 11 is 0. The number of hydrogen-bond donors (Lipinski definition) is 1. The molecule has 0 aromatic rings. The van der Waals surface area contributed by atoms with E-state index >= 15 is 0 Å². The fraction of sp³-hybridized carbons (Fsp3) is 1.00. The van der Waals surface area contributed by atoms with Gasteiger partial charge in [-0.25, -0.2) is 0 Å². The lowest BCUT2D eigenvalue weighted by Gasteiger charge is -2.46. The fourth-order valence-corrected chi connectivity index (χ4v) is 3.85. The van der Waals surface area contributed by atoms with E-state index in [1.165, 1.54) is 38.6 Å². The van der Waals surface area contributed by atoms with Crippen molar-refractivity contribution in [2.75, 3.05) is 13.1 Å². The molecule has 1 N–H and O–H groups in total. The number of likely N-dealkylation sites (N-methyl/N-ethyl adjacent to an activating group) is 1. The Bertz CT molecular complexity index is 249. The van der Waals surface area contributed by atoms with Crippen molar-refractivity contribution in [3.63, 3.8) is 0 Å². The number of likely N-dealkylation sites (tertiary alicyclic amines) is 1. The van der Waals surface area contributed by atoms with Crippen LogP contribution >= 0.6 is 0 Å². The third kappa shape index (κ3) is 3.03. The number of nitrogens with zero attached hydrogens (tertiary/aromatic N) is 1. The van der Waals surface area contributed by atoms with Crippen molar-refractivity contribution in [1.82, 2.24) is 10.2 Å². The first-order chi connectivity index (χ1) is 8.03. The molecule has 3 atom stereocenters. The van der Waals surface area contributed by atoms with Gasteiger partial charge in [-0.3, -0.25) is 4.90 Å². The van der Waals surface area contributed by atoms with Gasteiger partial charge in [0.1, 0.15) is 0 Å². The lowest BCUT2D eigenvalue weighted by Crippen LogP contribution is -2.55. The minimum atomic E-state index is 0.541. The van der Waals surface area contributed by atoms with Gasteiger partial charge in [0, 0.05) is 18.1 Å². The molecule has 0 radical (unpaired) electrons. The molecule has 2 aliphatic rings. The summed E-state index contributed by atoms with van der Waals surface area (Å²) in [6.45, 7) is 12.0. The minimum absolute atomic E-state index is 0.541. The second-order valence-corrected chi connectivity index (χ2v) is 6.87. The quantitative estimate of drug-likeness (QED) is 0.813. The summed E-state index contributed by atoms with van der Waals surface area (Å²) in [5.74, 6) is 0. The summed E-state index contributed by atoms with van der Waals surface area (Å²) in [6.07, 6.45) is 6.90. The Hall–Kier alpha value is -0.0800. The third-order valence-electron chi connectivity index (χ3n) is 4.85. The molecule has 100 valence electrons. The van der Waals surface area contributed by atoms with Crippen LogP contribution in [0.4, 0.5) is 0 Å². The van der Waals surface area contributed by atoms with Gasteiger partial charge >= 0.3 is 0 Å². The van der Waals surface area contributed by atoms with Crippen LogP contribution in [0.2, 0.25) is 0 Å². The largest absolute Gasteiger partial charge is 0.313 e. The highest BCUT2D eigenvalue weighted by Gasteiger charge is 2.40. The maximum Gasteiger partial charge on any atom is 0.0257 e.